The zero-order chi connectivity index (χ0) is 24.9. The number of halogens is 1. The fraction of sp³-hybridized carbons (Fsp3) is 0.130. The minimum Gasteiger partial charge on any atom is -0.464 e. The smallest absolute Gasteiger partial charge is 0.358 e. The maximum atomic E-state index is 12.5. The van der Waals surface area contributed by atoms with Crippen molar-refractivity contribution in [3.05, 3.63) is 97.7 Å². The maximum absolute atomic E-state index is 12.5. The van der Waals surface area contributed by atoms with E-state index in [1.807, 2.05) is 6.92 Å². The quantitative estimate of drug-likeness (QED) is 0.371. The summed E-state index contributed by atoms with van der Waals surface area (Å²) in [5, 5.41) is 3.59. The number of methoxy groups -OCH3 is 1. The van der Waals surface area contributed by atoms with Crippen LogP contribution in [0.2, 0.25) is 5.02 Å². The van der Waals surface area contributed by atoms with Crippen molar-refractivity contribution in [1.82, 2.24) is 24.5 Å². The molecular weight excluding hydrogens is 476 g/mol. The molecule has 0 aliphatic carbocycles. The molecule has 0 aliphatic rings. The average molecular weight is 495 g/mol. The van der Waals surface area contributed by atoms with E-state index in [4.69, 9.17) is 16.3 Å². The van der Waals surface area contributed by atoms with Gasteiger partial charge in [0.25, 0.3) is 0 Å². The Kier molecular flexibility index (Phi) is 6.88. The summed E-state index contributed by atoms with van der Waals surface area (Å²) in [6.07, 6.45) is 2.57. The standard InChI is InChI=1S/C23H19ClN6O5/c1-13-9-16(7-8-18(13)35-19-11-25-17(10-26-19)20(31)34-2)27-21-28-22(32)29-23(33)30(21)12-14-3-5-15(24)6-4-14/h3-11H,12H2,1-2H3,(H2,27,28,29,32,33). The minimum absolute atomic E-state index is 0.0612. The van der Waals surface area contributed by atoms with E-state index in [1.54, 1.807) is 42.5 Å². The van der Waals surface area contributed by atoms with Crippen LogP contribution in [0.4, 0.5) is 11.6 Å². The molecule has 0 saturated heterocycles. The first kappa shape index (κ1) is 23.6. The highest BCUT2D eigenvalue weighted by molar-refractivity contribution is 6.30. The zero-order valence-corrected chi connectivity index (χ0v) is 19.4. The van der Waals surface area contributed by atoms with Crippen molar-refractivity contribution < 1.29 is 14.3 Å². The lowest BCUT2D eigenvalue weighted by atomic mass is 10.2. The molecule has 0 unspecified atom stereocenters. The Morgan fingerprint density at radius 1 is 1.11 bits per heavy atom. The van der Waals surface area contributed by atoms with Gasteiger partial charge < -0.3 is 14.8 Å². The number of esters is 1. The Balaban J connectivity index is 1.55. The number of nitrogens with zero attached hydrogens (tertiary/aromatic N) is 4. The normalized spacial score (nSPS) is 10.6. The second-order valence-corrected chi connectivity index (χ2v) is 7.76. The predicted octanol–water partition coefficient (Wildman–Crippen LogP) is 3.05. The van der Waals surface area contributed by atoms with E-state index in [0.717, 1.165) is 11.1 Å². The van der Waals surface area contributed by atoms with Gasteiger partial charge in [0, 0.05) is 10.7 Å². The number of hydrogen-bond acceptors (Lipinski definition) is 9. The molecule has 0 aliphatic heterocycles. The van der Waals surface area contributed by atoms with Gasteiger partial charge in [0.05, 0.1) is 26.0 Å². The van der Waals surface area contributed by atoms with Crippen molar-refractivity contribution in [2.24, 2.45) is 0 Å². The van der Waals surface area contributed by atoms with E-state index < -0.39 is 17.3 Å². The Morgan fingerprint density at radius 3 is 2.54 bits per heavy atom. The summed E-state index contributed by atoms with van der Waals surface area (Å²) in [6, 6.07) is 12.1. The van der Waals surface area contributed by atoms with Crippen molar-refractivity contribution in [3.8, 4) is 11.6 Å². The molecule has 11 nitrogen and oxygen atoms in total. The second kappa shape index (κ2) is 10.2. The largest absolute Gasteiger partial charge is 0.464 e. The lowest BCUT2D eigenvalue weighted by Crippen LogP contribution is -2.34. The summed E-state index contributed by atoms with van der Waals surface area (Å²) in [5.74, 6) is 0.159. The molecule has 4 rings (SSSR count). The monoisotopic (exact) mass is 494 g/mol. The Bertz CT molecular complexity index is 1480. The number of hydrogen-bond donors (Lipinski definition) is 2. The van der Waals surface area contributed by atoms with Gasteiger partial charge in [-0.1, -0.05) is 23.7 Å². The number of H-pyrrole nitrogens is 1. The number of aryl methyl sites for hydroxylation is 1. The second-order valence-electron chi connectivity index (χ2n) is 7.32. The number of nitrogens with one attached hydrogen (secondary N) is 2. The SMILES string of the molecule is COC(=O)c1cnc(Oc2ccc(Nc3nc(=O)[nH]c(=O)n3Cc3ccc(Cl)cc3)cc2C)cn1. The summed E-state index contributed by atoms with van der Waals surface area (Å²) < 4.78 is 11.6. The molecule has 0 bridgehead atoms. The molecule has 2 heterocycles. The number of rotatable bonds is 7. The van der Waals surface area contributed by atoms with Crippen molar-refractivity contribution >= 4 is 29.2 Å². The summed E-state index contributed by atoms with van der Waals surface area (Å²) >= 11 is 5.93. The third-order valence-corrected chi connectivity index (χ3v) is 5.10. The highest BCUT2D eigenvalue weighted by atomic mass is 35.5. The molecule has 2 aromatic carbocycles. The van der Waals surface area contributed by atoms with Crippen LogP contribution in [-0.2, 0) is 11.3 Å². The predicted molar refractivity (Wildman–Crippen MR) is 128 cm³/mol. The molecule has 178 valence electrons. The number of anilines is 2. The molecule has 0 fully saturated rings. The van der Waals surface area contributed by atoms with E-state index in [2.05, 4.69) is 30.0 Å². The minimum atomic E-state index is -0.768. The van der Waals surface area contributed by atoms with Gasteiger partial charge in [0.1, 0.15) is 5.75 Å². The van der Waals surface area contributed by atoms with Crippen molar-refractivity contribution in [2.75, 3.05) is 12.4 Å². The van der Waals surface area contributed by atoms with Gasteiger partial charge in [-0.15, -0.1) is 0 Å². The topological polar surface area (TPSA) is 141 Å². The van der Waals surface area contributed by atoms with Crippen molar-refractivity contribution in [3.63, 3.8) is 0 Å². The third kappa shape index (κ3) is 5.71. The number of ether oxygens (including phenoxy) is 2. The molecule has 4 aromatic rings. The number of carbonyl (C=O) groups is 1. The van der Waals surface area contributed by atoms with E-state index in [9.17, 15) is 14.4 Å². The summed E-state index contributed by atoms with van der Waals surface area (Å²) in [5.41, 5.74) is 0.789. The van der Waals surface area contributed by atoms with Crippen LogP contribution in [0.25, 0.3) is 0 Å². The Labute approximate surface area is 203 Å². The molecular formula is C23H19ClN6O5. The van der Waals surface area contributed by atoms with Crippen molar-refractivity contribution in [1.29, 1.82) is 0 Å². The van der Waals surface area contributed by atoms with Crippen LogP contribution < -0.4 is 21.4 Å². The Morgan fingerprint density at radius 2 is 1.89 bits per heavy atom. The number of benzene rings is 2. The number of aromatic nitrogens is 5. The molecule has 0 amide bonds. The van der Waals surface area contributed by atoms with Gasteiger partial charge in [-0.05, 0) is 48.4 Å². The van der Waals surface area contributed by atoms with Gasteiger partial charge in [-0.25, -0.2) is 24.4 Å². The van der Waals surface area contributed by atoms with Crippen LogP contribution in [0.1, 0.15) is 21.6 Å². The van der Waals surface area contributed by atoms with Gasteiger partial charge in [-0.3, -0.25) is 9.55 Å². The van der Waals surface area contributed by atoms with Crippen LogP contribution in [-0.4, -0.2) is 37.6 Å². The van der Waals surface area contributed by atoms with Gasteiger partial charge in [0.15, 0.2) is 5.69 Å². The first-order valence-electron chi connectivity index (χ1n) is 10.2. The van der Waals surface area contributed by atoms with Crippen LogP contribution in [0.15, 0.2) is 64.4 Å². The number of carbonyl (C=O) groups excluding carboxylic acids is 1. The van der Waals surface area contributed by atoms with E-state index >= 15 is 0 Å². The molecule has 0 radical (unpaired) electrons. The molecule has 35 heavy (non-hydrogen) atoms. The number of aromatic amines is 1. The highest BCUT2D eigenvalue weighted by Crippen LogP contribution is 2.27. The molecule has 0 atom stereocenters. The van der Waals surface area contributed by atoms with E-state index in [0.29, 0.717) is 16.5 Å². The first-order chi connectivity index (χ1) is 16.8. The van der Waals surface area contributed by atoms with E-state index in [1.165, 1.54) is 24.1 Å². The highest BCUT2D eigenvalue weighted by Gasteiger charge is 2.12. The fourth-order valence-corrected chi connectivity index (χ4v) is 3.24. The van der Waals surface area contributed by atoms with E-state index in [-0.39, 0.29) is 24.1 Å². The third-order valence-electron chi connectivity index (χ3n) is 4.84. The molecule has 0 saturated carbocycles. The van der Waals surface area contributed by atoms with Crippen LogP contribution in [0.3, 0.4) is 0 Å². The van der Waals surface area contributed by atoms with Gasteiger partial charge in [-0.2, -0.15) is 4.98 Å². The molecule has 0 spiro atoms. The molecule has 12 heteroatoms. The van der Waals surface area contributed by atoms with Gasteiger partial charge >= 0.3 is 17.3 Å². The molecule has 2 aromatic heterocycles. The first-order valence-corrected chi connectivity index (χ1v) is 10.6. The maximum Gasteiger partial charge on any atom is 0.358 e. The molecule has 2 N–H and O–H groups in total. The lowest BCUT2D eigenvalue weighted by Gasteiger charge is -2.14. The fourth-order valence-electron chi connectivity index (χ4n) is 3.12. The summed E-state index contributed by atoms with van der Waals surface area (Å²) in [6.45, 7) is 1.98. The average Bonchev–Trinajstić information content (AvgIpc) is 2.84. The van der Waals surface area contributed by atoms with Crippen molar-refractivity contribution in [2.45, 2.75) is 13.5 Å². The summed E-state index contributed by atoms with van der Waals surface area (Å²) in [4.78, 5) is 49.9. The van der Waals surface area contributed by atoms with Crippen LogP contribution in [0.5, 0.6) is 11.6 Å². The van der Waals surface area contributed by atoms with Crippen LogP contribution >= 0.6 is 11.6 Å². The zero-order valence-electron chi connectivity index (χ0n) is 18.6. The Hall–Kier alpha value is -4.51. The van der Waals surface area contributed by atoms with Gasteiger partial charge in [0.2, 0.25) is 11.8 Å². The lowest BCUT2D eigenvalue weighted by molar-refractivity contribution is 0.0593. The summed E-state index contributed by atoms with van der Waals surface area (Å²) in [7, 11) is 1.26. The van der Waals surface area contributed by atoms with Crippen LogP contribution in [0, 0.1) is 6.92 Å².